The van der Waals surface area contributed by atoms with Crippen LogP contribution < -0.4 is 0 Å². The van der Waals surface area contributed by atoms with Crippen LogP contribution in [0.3, 0.4) is 0 Å². The third kappa shape index (κ3) is 2.90. The Morgan fingerprint density at radius 2 is 2.18 bits per heavy atom. The number of rotatable bonds is 5. The van der Waals surface area contributed by atoms with Crippen molar-refractivity contribution in [1.29, 1.82) is 0 Å². The Morgan fingerprint density at radius 3 is 2.64 bits per heavy atom. The Balaban J connectivity index is 2.14. The van der Waals surface area contributed by atoms with E-state index >= 15 is 0 Å². The average Bonchev–Trinajstić information content (AvgIpc) is 2.71. The highest BCUT2D eigenvalue weighted by Gasteiger charge is 2.39. The van der Waals surface area contributed by atoms with Crippen LogP contribution in [0.25, 0.3) is 0 Å². The van der Waals surface area contributed by atoms with Gasteiger partial charge in [-0.05, 0) is 31.9 Å². The van der Waals surface area contributed by atoms with Gasteiger partial charge in [0, 0.05) is 4.75 Å². The van der Waals surface area contributed by atoms with Crippen molar-refractivity contribution in [3.8, 4) is 0 Å². The van der Waals surface area contributed by atoms with Crippen LogP contribution in [0.2, 0.25) is 0 Å². The fourth-order valence-corrected chi connectivity index (χ4v) is 2.67. The van der Waals surface area contributed by atoms with E-state index in [-0.39, 0.29) is 0 Å². The van der Waals surface area contributed by atoms with E-state index in [0.29, 0.717) is 4.75 Å². The SMILES string of the molecule is CC=CC1(SCCCC)CC1. The van der Waals surface area contributed by atoms with Crippen LogP contribution in [-0.2, 0) is 0 Å². The van der Waals surface area contributed by atoms with Gasteiger partial charge in [-0.25, -0.2) is 0 Å². The van der Waals surface area contributed by atoms with Crippen molar-refractivity contribution in [2.75, 3.05) is 5.75 Å². The molecule has 0 heterocycles. The highest BCUT2D eigenvalue weighted by Crippen LogP contribution is 2.49. The molecule has 0 amide bonds. The van der Waals surface area contributed by atoms with Crippen molar-refractivity contribution in [3.05, 3.63) is 12.2 Å². The molecule has 0 spiro atoms. The first-order valence-corrected chi connectivity index (χ1v) is 5.59. The number of thioether (sulfide) groups is 1. The standard InChI is InChI=1S/C10H18S/c1-3-5-9-11-10(6-4-2)7-8-10/h4,6H,3,5,7-9H2,1-2H3. The van der Waals surface area contributed by atoms with Gasteiger partial charge in [0.1, 0.15) is 0 Å². The van der Waals surface area contributed by atoms with E-state index in [4.69, 9.17) is 0 Å². The first-order valence-electron chi connectivity index (χ1n) is 4.61. The van der Waals surface area contributed by atoms with E-state index in [2.05, 4.69) is 37.8 Å². The molecule has 1 heteroatoms. The summed E-state index contributed by atoms with van der Waals surface area (Å²) in [5.41, 5.74) is 0. The molecule has 0 aromatic heterocycles. The van der Waals surface area contributed by atoms with Gasteiger partial charge in [0.25, 0.3) is 0 Å². The molecule has 0 unspecified atom stereocenters. The molecule has 1 saturated carbocycles. The van der Waals surface area contributed by atoms with Crippen molar-refractivity contribution in [1.82, 2.24) is 0 Å². The Bertz CT molecular complexity index is 134. The average molecular weight is 170 g/mol. The molecule has 1 aliphatic rings. The lowest BCUT2D eigenvalue weighted by molar-refractivity contribution is 0.893. The molecule has 1 fully saturated rings. The minimum Gasteiger partial charge on any atom is -0.151 e. The van der Waals surface area contributed by atoms with Crippen molar-refractivity contribution in [3.63, 3.8) is 0 Å². The number of hydrogen-bond donors (Lipinski definition) is 0. The van der Waals surface area contributed by atoms with Gasteiger partial charge in [-0.3, -0.25) is 0 Å². The number of unbranched alkanes of at least 4 members (excludes halogenated alkanes) is 1. The molecule has 0 bridgehead atoms. The Morgan fingerprint density at radius 1 is 1.45 bits per heavy atom. The van der Waals surface area contributed by atoms with Crippen LogP contribution in [0.15, 0.2) is 12.2 Å². The zero-order valence-electron chi connectivity index (χ0n) is 7.60. The maximum atomic E-state index is 2.38. The van der Waals surface area contributed by atoms with Crippen LogP contribution >= 0.6 is 11.8 Å². The third-order valence-corrected chi connectivity index (χ3v) is 3.71. The highest BCUT2D eigenvalue weighted by atomic mass is 32.2. The Kier molecular flexibility index (Phi) is 3.50. The van der Waals surface area contributed by atoms with Gasteiger partial charge in [-0.2, -0.15) is 11.8 Å². The maximum absolute atomic E-state index is 2.38. The monoisotopic (exact) mass is 170 g/mol. The molecule has 0 radical (unpaired) electrons. The molecule has 1 rings (SSSR count). The van der Waals surface area contributed by atoms with Gasteiger partial charge in [0.15, 0.2) is 0 Å². The maximum Gasteiger partial charge on any atom is 0.0340 e. The minimum atomic E-state index is 0.587. The predicted octanol–water partition coefficient (Wildman–Crippen LogP) is 3.63. The minimum absolute atomic E-state index is 0.587. The first-order chi connectivity index (χ1) is 5.33. The van der Waals surface area contributed by atoms with Crippen molar-refractivity contribution >= 4 is 11.8 Å². The van der Waals surface area contributed by atoms with E-state index in [1.807, 2.05) is 0 Å². The van der Waals surface area contributed by atoms with E-state index in [1.54, 1.807) is 0 Å². The highest BCUT2D eigenvalue weighted by molar-refractivity contribution is 8.01. The summed E-state index contributed by atoms with van der Waals surface area (Å²) in [6.45, 7) is 4.39. The summed E-state index contributed by atoms with van der Waals surface area (Å²) in [4.78, 5) is 0. The summed E-state index contributed by atoms with van der Waals surface area (Å²) >= 11 is 2.15. The van der Waals surface area contributed by atoms with E-state index < -0.39 is 0 Å². The molecule has 1 aliphatic carbocycles. The fraction of sp³-hybridized carbons (Fsp3) is 0.800. The summed E-state index contributed by atoms with van der Waals surface area (Å²) in [5, 5.41) is 0. The van der Waals surface area contributed by atoms with Gasteiger partial charge >= 0.3 is 0 Å². The second-order valence-electron chi connectivity index (χ2n) is 3.27. The normalized spacial score (nSPS) is 20.9. The molecular weight excluding hydrogens is 152 g/mol. The van der Waals surface area contributed by atoms with Gasteiger partial charge in [0.2, 0.25) is 0 Å². The summed E-state index contributed by atoms with van der Waals surface area (Å²) < 4.78 is 0.587. The lowest BCUT2D eigenvalue weighted by atomic mass is 10.4. The van der Waals surface area contributed by atoms with Crippen molar-refractivity contribution < 1.29 is 0 Å². The summed E-state index contributed by atoms with van der Waals surface area (Å²) in [5.74, 6) is 1.35. The van der Waals surface area contributed by atoms with Crippen LogP contribution in [0.5, 0.6) is 0 Å². The van der Waals surface area contributed by atoms with Crippen LogP contribution in [-0.4, -0.2) is 10.5 Å². The second-order valence-corrected chi connectivity index (χ2v) is 4.78. The molecule has 0 nitrogen and oxygen atoms in total. The van der Waals surface area contributed by atoms with Crippen molar-refractivity contribution in [2.45, 2.75) is 44.3 Å². The molecular formula is C10H18S. The van der Waals surface area contributed by atoms with Gasteiger partial charge in [0.05, 0.1) is 0 Å². The molecule has 0 aromatic carbocycles. The molecule has 11 heavy (non-hydrogen) atoms. The smallest absolute Gasteiger partial charge is 0.0340 e. The van der Waals surface area contributed by atoms with E-state index in [9.17, 15) is 0 Å². The van der Waals surface area contributed by atoms with Crippen molar-refractivity contribution in [2.24, 2.45) is 0 Å². The zero-order chi connectivity index (χ0) is 8.16. The number of allylic oxidation sites excluding steroid dienone is 1. The van der Waals surface area contributed by atoms with Gasteiger partial charge < -0.3 is 0 Å². The Hall–Kier alpha value is 0.0900. The van der Waals surface area contributed by atoms with E-state index in [1.165, 1.54) is 31.4 Å². The van der Waals surface area contributed by atoms with Crippen LogP contribution in [0.4, 0.5) is 0 Å². The first kappa shape index (κ1) is 9.18. The largest absolute Gasteiger partial charge is 0.151 e. The summed E-state index contributed by atoms with van der Waals surface area (Å²) in [6, 6.07) is 0. The molecule has 0 N–H and O–H groups in total. The quantitative estimate of drug-likeness (QED) is 0.448. The lowest BCUT2D eigenvalue weighted by Crippen LogP contribution is -1.97. The zero-order valence-corrected chi connectivity index (χ0v) is 8.41. The fourth-order valence-electron chi connectivity index (χ4n) is 1.21. The molecule has 0 saturated heterocycles. The Labute approximate surface area is 74.5 Å². The van der Waals surface area contributed by atoms with Crippen LogP contribution in [0.1, 0.15) is 39.5 Å². The topological polar surface area (TPSA) is 0 Å². The summed E-state index contributed by atoms with van der Waals surface area (Å²) in [7, 11) is 0. The molecule has 0 aromatic rings. The lowest BCUT2D eigenvalue weighted by Gasteiger charge is -2.07. The van der Waals surface area contributed by atoms with Gasteiger partial charge in [-0.1, -0.05) is 25.5 Å². The second kappa shape index (κ2) is 4.20. The summed E-state index contributed by atoms with van der Waals surface area (Å²) in [6.07, 6.45) is 10.1. The predicted molar refractivity (Wildman–Crippen MR) is 54.1 cm³/mol. The molecule has 0 aliphatic heterocycles. The van der Waals surface area contributed by atoms with Crippen LogP contribution in [0, 0.1) is 0 Å². The van der Waals surface area contributed by atoms with E-state index in [0.717, 1.165) is 0 Å². The molecule has 64 valence electrons. The number of hydrogen-bond acceptors (Lipinski definition) is 1. The van der Waals surface area contributed by atoms with Gasteiger partial charge in [-0.15, -0.1) is 0 Å². The molecule has 0 atom stereocenters. The third-order valence-electron chi connectivity index (χ3n) is 2.10.